The second-order valence-corrected chi connectivity index (χ2v) is 20.2. The molecule has 17 nitrogen and oxygen atoms in total. The van der Waals surface area contributed by atoms with Crippen LogP contribution in [0.25, 0.3) is 0 Å². The maximum Gasteiger partial charge on any atom is 0.339 e. The van der Waals surface area contributed by atoms with Crippen molar-refractivity contribution < 1.29 is 71.3 Å². The van der Waals surface area contributed by atoms with Gasteiger partial charge in [0.2, 0.25) is 12.2 Å². The Balaban J connectivity index is 1.54. The van der Waals surface area contributed by atoms with Gasteiger partial charge in [0, 0.05) is 0 Å². The van der Waals surface area contributed by atoms with E-state index in [1.54, 1.807) is 97.1 Å². The Hall–Kier alpha value is -4.47. The minimum Gasteiger partial charge on any atom is -0.467 e. The van der Waals surface area contributed by atoms with Crippen molar-refractivity contribution in [2.75, 3.05) is 19.6 Å². The van der Waals surface area contributed by atoms with E-state index in [4.69, 9.17) is 134 Å². The third kappa shape index (κ3) is 15.5. The van der Waals surface area contributed by atoms with Gasteiger partial charge in [-0.05, 0) is 35.4 Å². The second kappa shape index (κ2) is 26.0. The average molecular weight is 1120 g/mol. The van der Waals surface area contributed by atoms with E-state index in [0.29, 0.717) is 11.1 Å². The van der Waals surface area contributed by atoms with Crippen molar-refractivity contribution in [3.05, 3.63) is 144 Å². The number of rotatable bonds is 18. The first kappa shape index (κ1) is 55.8. The summed E-state index contributed by atoms with van der Waals surface area (Å²) in [6.45, 7) is -1.12. The molecule has 2 N–H and O–H groups in total. The summed E-state index contributed by atoms with van der Waals surface area (Å²) in [4.78, 5) is 68.3. The Morgan fingerprint density at radius 2 is 1.13 bits per heavy atom. The highest BCUT2D eigenvalue weighted by molar-refractivity contribution is 6.76. The highest BCUT2D eigenvalue weighted by Crippen LogP contribution is 2.38. The van der Waals surface area contributed by atoms with E-state index in [1.807, 2.05) is 0 Å². The zero-order valence-corrected chi connectivity index (χ0v) is 42.2. The topological polar surface area (TPSA) is 214 Å². The van der Waals surface area contributed by atoms with Crippen LogP contribution in [-0.4, -0.2) is 124 Å². The molecule has 0 bridgehead atoms. The van der Waals surface area contributed by atoms with Gasteiger partial charge in [-0.2, -0.15) is 0 Å². The van der Waals surface area contributed by atoms with E-state index < -0.39 is 117 Å². The standard InChI is InChI=1S/C47H43Cl7N2O15/c1-62-41(60)37-36(67-31(57)22-48)35(64-24-27-16-8-3-9-17-27)38(68-40(59)29-20-12-5-13-21-29)43(70-37)69-34-32(56-45(61)47(52,53)54)42(71-44(55)46(49,50)51)66-30(25-65-39(58)28-18-10-4-11-19-28)33(34)63-23-26-14-6-2-7-15-26/h2-21,30,32-38,42-43,55H,22-25H2,1H3,(H,56,61)/t30-,32-,33+,34-,35+,36+,37+,38-,42-,43-/m1/s1. The molecule has 2 aliphatic heterocycles. The predicted molar refractivity (Wildman–Crippen MR) is 259 cm³/mol. The minimum absolute atomic E-state index is 0.0272. The molecule has 0 aliphatic carbocycles. The van der Waals surface area contributed by atoms with Crippen molar-refractivity contribution in [2.45, 2.75) is 82.1 Å². The molecule has 2 aliphatic rings. The lowest BCUT2D eigenvalue weighted by Crippen LogP contribution is -2.70. The lowest BCUT2D eigenvalue weighted by atomic mass is 9.94. The van der Waals surface area contributed by atoms with Crippen molar-refractivity contribution in [1.29, 1.82) is 5.41 Å². The largest absolute Gasteiger partial charge is 0.467 e. The first-order valence-electron chi connectivity index (χ1n) is 21.2. The minimum atomic E-state index is -2.69. The zero-order chi connectivity index (χ0) is 51.3. The molecule has 6 rings (SSSR count). The summed E-state index contributed by atoms with van der Waals surface area (Å²) in [5, 5.41) is 11.0. The smallest absolute Gasteiger partial charge is 0.339 e. The molecule has 24 heteroatoms. The average Bonchev–Trinajstić information content (AvgIpc) is 3.36. The molecule has 0 spiro atoms. The summed E-state index contributed by atoms with van der Waals surface area (Å²) >= 11 is 42.5. The highest BCUT2D eigenvalue weighted by atomic mass is 35.6. The summed E-state index contributed by atoms with van der Waals surface area (Å²) in [5.74, 6) is -7.00. The Labute approximate surface area is 441 Å². The van der Waals surface area contributed by atoms with E-state index in [2.05, 4.69) is 5.32 Å². The molecule has 0 radical (unpaired) electrons. The van der Waals surface area contributed by atoms with Gasteiger partial charge in [-0.1, -0.05) is 167 Å². The molecule has 10 atom stereocenters. The van der Waals surface area contributed by atoms with Crippen LogP contribution in [0.3, 0.4) is 0 Å². The summed E-state index contributed by atoms with van der Waals surface area (Å²) < 4.78 is 55.7. The monoisotopic (exact) mass is 1120 g/mol. The number of methoxy groups -OCH3 is 1. The molecule has 2 saturated heterocycles. The van der Waals surface area contributed by atoms with Gasteiger partial charge >= 0.3 is 23.9 Å². The normalized spacial score (nSPS) is 24.4. The molecule has 0 saturated carbocycles. The van der Waals surface area contributed by atoms with Crippen LogP contribution in [0, 0.1) is 5.41 Å². The van der Waals surface area contributed by atoms with Crippen LogP contribution >= 0.6 is 81.2 Å². The summed E-state index contributed by atoms with van der Waals surface area (Å²) in [7, 11) is 1.03. The van der Waals surface area contributed by atoms with Crippen LogP contribution in [0.1, 0.15) is 31.8 Å². The maximum absolute atomic E-state index is 14.2. The van der Waals surface area contributed by atoms with Gasteiger partial charge in [0.1, 0.15) is 42.9 Å². The van der Waals surface area contributed by atoms with Gasteiger partial charge in [-0.15, -0.1) is 11.6 Å². The predicted octanol–water partition coefficient (Wildman–Crippen LogP) is 7.62. The zero-order valence-electron chi connectivity index (χ0n) is 36.9. The van der Waals surface area contributed by atoms with Crippen LogP contribution in [0.4, 0.5) is 0 Å². The fourth-order valence-corrected chi connectivity index (χ4v) is 7.55. The number of hydrogen-bond donors (Lipinski definition) is 2. The van der Waals surface area contributed by atoms with Crippen molar-refractivity contribution in [3.63, 3.8) is 0 Å². The molecular formula is C47H43Cl7N2O15. The summed E-state index contributed by atoms with van der Waals surface area (Å²) in [6.07, 6.45) is -16.1. The number of nitrogens with one attached hydrogen (secondary N) is 2. The molecule has 71 heavy (non-hydrogen) atoms. The Kier molecular flexibility index (Phi) is 20.4. The fraction of sp³-hybridized carbons (Fsp3) is 0.362. The molecule has 2 heterocycles. The number of esters is 4. The number of hydrogen-bond acceptors (Lipinski definition) is 16. The van der Waals surface area contributed by atoms with Gasteiger partial charge < -0.3 is 52.7 Å². The van der Waals surface area contributed by atoms with Crippen LogP contribution in [0.5, 0.6) is 0 Å². The van der Waals surface area contributed by atoms with E-state index in [0.717, 1.165) is 7.11 Å². The van der Waals surface area contributed by atoms with Crippen molar-refractivity contribution in [2.24, 2.45) is 0 Å². The Bertz CT molecular complexity index is 2420. The van der Waals surface area contributed by atoms with Crippen LogP contribution in [-0.2, 0) is 75.0 Å². The van der Waals surface area contributed by atoms with E-state index in [9.17, 15) is 24.0 Å². The highest BCUT2D eigenvalue weighted by Gasteiger charge is 2.59. The summed E-state index contributed by atoms with van der Waals surface area (Å²) in [5.41, 5.74) is 1.35. The molecule has 4 aromatic carbocycles. The SMILES string of the molecule is COC(=O)[C@H]1O[C@@H](O[C@@H]2[C@@H](NC(=O)C(Cl)(Cl)Cl)[C@@H](OC(=N)C(Cl)(Cl)Cl)O[C@H](COC(=O)c3ccccc3)[C@@H]2OCc2ccccc2)[C@H](OC(=O)c2ccccc2)[C@@H](OCc2ccccc2)[C@@H]1OC(=O)CCl. The fourth-order valence-electron chi connectivity index (χ4n) is 7.19. The first-order chi connectivity index (χ1) is 33.9. The molecule has 380 valence electrons. The number of benzene rings is 4. The van der Waals surface area contributed by atoms with Gasteiger partial charge in [-0.25, -0.2) is 14.4 Å². The Morgan fingerprint density at radius 1 is 0.606 bits per heavy atom. The molecule has 1 amide bonds. The van der Waals surface area contributed by atoms with Crippen molar-refractivity contribution in [3.8, 4) is 0 Å². The second-order valence-electron chi connectivity index (χ2n) is 15.3. The number of halogens is 7. The van der Waals surface area contributed by atoms with Gasteiger partial charge in [0.15, 0.2) is 24.6 Å². The molecule has 2 fully saturated rings. The number of ether oxygens (including phenoxy) is 10. The lowest BCUT2D eigenvalue weighted by Gasteiger charge is -2.49. The van der Waals surface area contributed by atoms with Crippen LogP contribution in [0.15, 0.2) is 121 Å². The van der Waals surface area contributed by atoms with Gasteiger partial charge in [0.05, 0.1) is 31.5 Å². The number of amides is 1. The van der Waals surface area contributed by atoms with E-state index in [-0.39, 0.29) is 24.3 Å². The molecule has 0 unspecified atom stereocenters. The molecule has 4 aromatic rings. The van der Waals surface area contributed by atoms with Crippen LogP contribution < -0.4 is 5.32 Å². The number of carbonyl (C=O) groups excluding carboxylic acids is 5. The van der Waals surface area contributed by atoms with Gasteiger partial charge in [-0.3, -0.25) is 15.0 Å². The number of carbonyl (C=O) groups is 5. The third-order valence-corrected chi connectivity index (χ3v) is 11.7. The Morgan fingerprint density at radius 3 is 1.63 bits per heavy atom. The van der Waals surface area contributed by atoms with Crippen LogP contribution in [0.2, 0.25) is 0 Å². The number of alkyl halides is 7. The summed E-state index contributed by atoms with van der Waals surface area (Å²) in [6, 6.07) is 31.1. The molecular weight excluding hydrogens is 1080 g/mol. The lowest BCUT2D eigenvalue weighted by molar-refractivity contribution is -0.343. The van der Waals surface area contributed by atoms with E-state index in [1.165, 1.54) is 24.3 Å². The van der Waals surface area contributed by atoms with Gasteiger partial charge in [0.25, 0.3) is 13.5 Å². The quantitative estimate of drug-likeness (QED) is 0.0323. The molecule has 0 aromatic heterocycles. The van der Waals surface area contributed by atoms with E-state index >= 15 is 0 Å². The maximum atomic E-state index is 14.2. The van der Waals surface area contributed by atoms with Crippen molar-refractivity contribution in [1.82, 2.24) is 5.32 Å². The third-order valence-electron chi connectivity index (χ3n) is 10.5. The first-order valence-corrected chi connectivity index (χ1v) is 24.0. The van der Waals surface area contributed by atoms with Crippen molar-refractivity contribution >= 4 is 117 Å².